The van der Waals surface area contributed by atoms with E-state index in [1.807, 2.05) is 30.3 Å². The standard InChI is InChI=1S/C23H22F3N5O3S/c24-23(25,26)19-15-27-22(28-17-7-9-18(10-8-17)30-12-4-14-35(30,32)33)29-21(19)31-20(11-13-34-31)16-5-2-1-3-6-16/h1-3,5-10,15,20H,4,11-14H2,(H,27,28,29). The number of aromatic nitrogens is 2. The van der Waals surface area contributed by atoms with Gasteiger partial charge in [-0.2, -0.15) is 18.2 Å². The van der Waals surface area contributed by atoms with Gasteiger partial charge in [0.15, 0.2) is 5.82 Å². The van der Waals surface area contributed by atoms with Gasteiger partial charge in [0.05, 0.1) is 24.1 Å². The molecule has 2 aliphatic rings. The molecule has 1 N–H and O–H groups in total. The van der Waals surface area contributed by atoms with Crippen molar-refractivity contribution in [3.63, 3.8) is 0 Å². The van der Waals surface area contributed by atoms with Crippen LogP contribution in [0.25, 0.3) is 0 Å². The normalized spacial score (nSPS) is 19.8. The molecule has 0 amide bonds. The Balaban J connectivity index is 1.44. The Kier molecular flexibility index (Phi) is 6.01. The molecule has 0 radical (unpaired) electrons. The number of hydroxylamine groups is 1. The molecule has 0 spiro atoms. The minimum atomic E-state index is -4.68. The zero-order valence-electron chi connectivity index (χ0n) is 18.4. The van der Waals surface area contributed by atoms with Crippen LogP contribution in [0.3, 0.4) is 0 Å². The molecule has 5 rings (SSSR count). The van der Waals surface area contributed by atoms with Crippen molar-refractivity contribution < 1.29 is 26.4 Å². The lowest BCUT2D eigenvalue weighted by molar-refractivity contribution is -0.138. The highest BCUT2D eigenvalue weighted by Gasteiger charge is 2.40. The third-order valence-corrected chi connectivity index (χ3v) is 7.75. The molecule has 184 valence electrons. The Morgan fingerprint density at radius 3 is 2.46 bits per heavy atom. The predicted molar refractivity (Wildman–Crippen MR) is 125 cm³/mol. The largest absolute Gasteiger partial charge is 0.421 e. The van der Waals surface area contributed by atoms with E-state index in [-0.39, 0.29) is 24.1 Å². The van der Waals surface area contributed by atoms with Crippen LogP contribution in [0.4, 0.5) is 36.3 Å². The second-order valence-corrected chi connectivity index (χ2v) is 10.2. The number of sulfonamides is 1. The Labute approximate surface area is 200 Å². The van der Waals surface area contributed by atoms with Crippen molar-refractivity contribution in [1.29, 1.82) is 0 Å². The molecule has 2 aromatic carbocycles. The van der Waals surface area contributed by atoms with Crippen LogP contribution in [0.15, 0.2) is 60.8 Å². The first kappa shape index (κ1) is 23.4. The molecule has 1 unspecified atom stereocenters. The summed E-state index contributed by atoms with van der Waals surface area (Å²) in [6.45, 7) is 0.670. The number of anilines is 4. The molecule has 0 aliphatic carbocycles. The van der Waals surface area contributed by atoms with Gasteiger partial charge in [0.1, 0.15) is 5.56 Å². The molecule has 8 nitrogen and oxygen atoms in total. The van der Waals surface area contributed by atoms with Crippen LogP contribution < -0.4 is 14.7 Å². The van der Waals surface area contributed by atoms with Crippen LogP contribution >= 0.6 is 0 Å². The number of rotatable bonds is 5. The molecular formula is C23H22F3N5O3S. The van der Waals surface area contributed by atoms with E-state index in [1.165, 1.54) is 9.37 Å². The van der Waals surface area contributed by atoms with Crippen LogP contribution in [0.5, 0.6) is 0 Å². The summed E-state index contributed by atoms with van der Waals surface area (Å²) in [6.07, 6.45) is -2.87. The van der Waals surface area contributed by atoms with Gasteiger partial charge in [-0.3, -0.25) is 9.14 Å². The maximum atomic E-state index is 13.8. The van der Waals surface area contributed by atoms with E-state index >= 15 is 0 Å². The van der Waals surface area contributed by atoms with E-state index in [9.17, 15) is 21.6 Å². The summed E-state index contributed by atoms with van der Waals surface area (Å²) in [5.74, 6) is -0.310. The highest BCUT2D eigenvalue weighted by Crippen LogP contribution is 2.41. The number of nitrogens with one attached hydrogen (secondary N) is 1. The zero-order chi connectivity index (χ0) is 24.6. The van der Waals surface area contributed by atoms with Gasteiger partial charge in [-0.05, 0) is 36.2 Å². The third-order valence-electron chi connectivity index (χ3n) is 5.88. The summed E-state index contributed by atoms with van der Waals surface area (Å²) in [4.78, 5) is 13.6. The number of alkyl halides is 3. The smallest absolute Gasteiger partial charge is 0.324 e. The summed E-state index contributed by atoms with van der Waals surface area (Å²) in [7, 11) is -3.31. The van der Waals surface area contributed by atoms with Crippen molar-refractivity contribution in [1.82, 2.24) is 9.97 Å². The molecule has 2 aliphatic heterocycles. The van der Waals surface area contributed by atoms with Gasteiger partial charge >= 0.3 is 6.18 Å². The van der Waals surface area contributed by atoms with Crippen molar-refractivity contribution in [2.45, 2.75) is 25.1 Å². The second kappa shape index (κ2) is 9.00. The summed E-state index contributed by atoms with van der Waals surface area (Å²) in [5.41, 5.74) is 0.843. The number of hydrogen-bond donors (Lipinski definition) is 1. The minimum absolute atomic E-state index is 0.0446. The zero-order valence-corrected chi connectivity index (χ0v) is 19.3. The fourth-order valence-corrected chi connectivity index (χ4v) is 5.79. The third kappa shape index (κ3) is 4.76. The van der Waals surface area contributed by atoms with Gasteiger partial charge in [-0.1, -0.05) is 30.3 Å². The molecular weight excluding hydrogens is 483 g/mol. The molecule has 12 heteroatoms. The Morgan fingerprint density at radius 1 is 1.06 bits per heavy atom. The molecule has 35 heavy (non-hydrogen) atoms. The van der Waals surface area contributed by atoms with Gasteiger partial charge in [0, 0.05) is 24.8 Å². The van der Waals surface area contributed by atoms with Gasteiger partial charge in [0.25, 0.3) is 0 Å². The maximum Gasteiger partial charge on any atom is 0.421 e. The average Bonchev–Trinajstić information content (AvgIpc) is 3.46. The average molecular weight is 506 g/mol. The molecule has 2 saturated heterocycles. The van der Waals surface area contributed by atoms with Gasteiger partial charge < -0.3 is 5.32 Å². The highest BCUT2D eigenvalue weighted by atomic mass is 32.2. The van der Waals surface area contributed by atoms with E-state index in [0.717, 1.165) is 11.8 Å². The van der Waals surface area contributed by atoms with E-state index in [1.54, 1.807) is 24.3 Å². The van der Waals surface area contributed by atoms with E-state index in [0.29, 0.717) is 30.8 Å². The quantitative estimate of drug-likeness (QED) is 0.540. The summed E-state index contributed by atoms with van der Waals surface area (Å²) >= 11 is 0. The van der Waals surface area contributed by atoms with Crippen LogP contribution in [0.1, 0.15) is 30.0 Å². The van der Waals surface area contributed by atoms with Crippen molar-refractivity contribution in [3.05, 3.63) is 71.9 Å². The molecule has 1 aromatic heterocycles. The van der Waals surface area contributed by atoms with Crippen molar-refractivity contribution in [2.24, 2.45) is 0 Å². The molecule has 2 fully saturated rings. The fraction of sp³-hybridized carbons (Fsp3) is 0.304. The topological polar surface area (TPSA) is 87.7 Å². The number of benzene rings is 2. The Morgan fingerprint density at radius 2 is 1.80 bits per heavy atom. The number of nitrogens with zero attached hydrogens (tertiary/aromatic N) is 4. The van der Waals surface area contributed by atoms with Crippen LogP contribution in [0.2, 0.25) is 0 Å². The Hall–Kier alpha value is -3.38. The lowest BCUT2D eigenvalue weighted by Gasteiger charge is -2.26. The first-order valence-electron chi connectivity index (χ1n) is 11.0. The van der Waals surface area contributed by atoms with Crippen molar-refractivity contribution in [2.75, 3.05) is 33.6 Å². The van der Waals surface area contributed by atoms with E-state index in [4.69, 9.17) is 4.84 Å². The summed E-state index contributed by atoms with van der Waals surface area (Å²) < 4.78 is 67.0. The molecule has 1 atom stereocenters. The van der Waals surface area contributed by atoms with E-state index in [2.05, 4.69) is 15.3 Å². The second-order valence-electron chi connectivity index (χ2n) is 8.22. The van der Waals surface area contributed by atoms with Crippen molar-refractivity contribution in [3.8, 4) is 0 Å². The number of halogens is 3. The Bertz CT molecular complexity index is 1300. The molecule has 0 saturated carbocycles. The van der Waals surface area contributed by atoms with Crippen LogP contribution in [-0.2, 0) is 21.0 Å². The summed E-state index contributed by atoms with van der Waals surface area (Å²) in [6, 6.07) is 15.2. The van der Waals surface area contributed by atoms with E-state index < -0.39 is 27.8 Å². The van der Waals surface area contributed by atoms with Crippen molar-refractivity contribution >= 4 is 33.2 Å². The van der Waals surface area contributed by atoms with Gasteiger partial charge in [-0.15, -0.1) is 0 Å². The predicted octanol–water partition coefficient (Wildman–Crippen LogP) is 4.66. The summed E-state index contributed by atoms with van der Waals surface area (Å²) in [5, 5.41) is 4.10. The first-order chi connectivity index (χ1) is 16.7. The minimum Gasteiger partial charge on any atom is -0.324 e. The lowest BCUT2D eigenvalue weighted by atomic mass is 10.0. The number of hydrogen-bond acceptors (Lipinski definition) is 7. The molecule has 0 bridgehead atoms. The van der Waals surface area contributed by atoms with Crippen LogP contribution in [0, 0.1) is 0 Å². The maximum absolute atomic E-state index is 13.8. The fourth-order valence-electron chi connectivity index (χ4n) is 4.23. The molecule has 3 aromatic rings. The van der Waals surface area contributed by atoms with Crippen LogP contribution in [-0.4, -0.2) is 37.3 Å². The highest BCUT2D eigenvalue weighted by molar-refractivity contribution is 7.93. The monoisotopic (exact) mass is 505 g/mol. The van der Waals surface area contributed by atoms with Gasteiger partial charge in [0.2, 0.25) is 16.0 Å². The van der Waals surface area contributed by atoms with Gasteiger partial charge in [-0.25, -0.2) is 18.5 Å². The first-order valence-corrected chi connectivity index (χ1v) is 12.6. The SMILES string of the molecule is O=S1(=O)CCCN1c1ccc(Nc2ncc(C(F)(F)F)c(N3OCCC3c3ccccc3)n2)cc1. The molecule has 3 heterocycles. The lowest BCUT2D eigenvalue weighted by Crippen LogP contribution is -2.26.